The topological polar surface area (TPSA) is 55.6 Å². The molecule has 26 heavy (non-hydrogen) atoms. The number of benzene rings is 2. The van der Waals surface area contributed by atoms with E-state index in [0.717, 1.165) is 24.2 Å². The average molecular weight is 352 g/mol. The zero-order valence-electron chi connectivity index (χ0n) is 14.0. The van der Waals surface area contributed by atoms with Crippen molar-refractivity contribution < 1.29 is 18.3 Å². The van der Waals surface area contributed by atoms with Gasteiger partial charge >= 0.3 is 0 Å². The van der Waals surface area contributed by atoms with Crippen LogP contribution >= 0.6 is 0 Å². The standard InChI is InChI=1S/C20H17FN2O3/c21-15-5-3-14(4-6-15)18-12-22-19(26-18)13-25-17-9-7-16(8-10-17)23-11-1-2-20(23)24/h3-10,12H,1-2,11,13H2. The molecule has 1 fully saturated rings. The quantitative estimate of drug-likeness (QED) is 0.691. The number of nitrogens with zero attached hydrogens (tertiary/aromatic N) is 2. The highest BCUT2D eigenvalue weighted by Crippen LogP contribution is 2.25. The Morgan fingerprint density at radius 1 is 1.12 bits per heavy atom. The maximum absolute atomic E-state index is 13.0. The van der Waals surface area contributed by atoms with Crippen molar-refractivity contribution in [3.8, 4) is 17.1 Å². The number of halogens is 1. The van der Waals surface area contributed by atoms with Gasteiger partial charge in [-0.25, -0.2) is 9.37 Å². The molecule has 6 heteroatoms. The van der Waals surface area contributed by atoms with Gasteiger partial charge in [-0.3, -0.25) is 4.79 Å². The largest absolute Gasteiger partial charge is 0.484 e. The Kier molecular flexibility index (Phi) is 4.39. The van der Waals surface area contributed by atoms with Crippen LogP contribution in [0.2, 0.25) is 0 Å². The van der Waals surface area contributed by atoms with E-state index in [4.69, 9.17) is 9.15 Å². The van der Waals surface area contributed by atoms with Crippen molar-refractivity contribution in [2.24, 2.45) is 0 Å². The molecule has 0 saturated carbocycles. The number of oxazole rings is 1. The molecule has 0 radical (unpaired) electrons. The van der Waals surface area contributed by atoms with Gasteiger partial charge in [-0.1, -0.05) is 0 Å². The van der Waals surface area contributed by atoms with Crippen LogP contribution in [0.4, 0.5) is 10.1 Å². The summed E-state index contributed by atoms with van der Waals surface area (Å²) in [6, 6.07) is 13.4. The van der Waals surface area contributed by atoms with E-state index in [0.29, 0.717) is 23.8 Å². The Balaban J connectivity index is 1.38. The predicted molar refractivity (Wildman–Crippen MR) is 94.3 cm³/mol. The Hall–Kier alpha value is -3.15. The summed E-state index contributed by atoms with van der Waals surface area (Å²) in [6.07, 6.45) is 3.10. The molecule has 5 nitrogen and oxygen atoms in total. The van der Waals surface area contributed by atoms with Crippen LogP contribution in [0.5, 0.6) is 5.75 Å². The summed E-state index contributed by atoms with van der Waals surface area (Å²) in [5.41, 5.74) is 1.64. The van der Waals surface area contributed by atoms with Crippen LogP contribution in [0.1, 0.15) is 18.7 Å². The van der Waals surface area contributed by atoms with Crippen molar-refractivity contribution in [3.05, 3.63) is 66.4 Å². The second-order valence-electron chi connectivity index (χ2n) is 6.06. The van der Waals surface area contributed by atoms with Gasteiger partial charge in [-0.15, -0.1) is 0 Å². The van der Waals surface area contributed by atoms with Crippen LogP contribution in [0.25, 0.3) is 11.3 Å². The van der Waals surface area contributed by atoms with Crippen LogP contribution in [0.3, 0.4) is 0 Å². The number of amides is 1. The summed E-state index contributed by atoms with van der Waals surface area (Å²) >= 11 is 0. The maximum Gasteiger partial charge on any atom is 0.232 e. The maximum atomic E-state index is 13.0. The molecule has 1 aliphatic heterocycles. The van der Waals surface area contributed by atoms with E-state index < -0.39 is 0 Å². The number of rotatable bonds is 5. The van der Waals surface area contributed by atoms with Crippen LogP contribution in [0.15, 0.2) is 59.1 Å². The summed E-state index contributed by atoms with van der Waals surface area (Å²) in [4.78, 5) is 17.7. The predicted octanol–water partition coefficient (Wildman–Crippen LogP) is 4.19. The zero-order valence-corrected chi connectivity index (χ0v) is 14.0. The van der Waals surface area contributed by atoms with Gasteiger partial charge in [-0.05, 0) is 55.0 Å². The van der Waals surface area contributed by atoms with E-state index in [1.165, 1.54) is 12.1 Å². The van der Waals surface area contributed by atoms with Crippen LogP contribution in [0, 0.1) is 5.82 Å². The fourth-order valence-corrected chi connectivity index (χ4v) is 2.91. The monoisotopic (exact) mass is 352 g/mol. The number of hydrogen-bond donors (Lipinski definition) is 0. The van der Waals surface area contributed by atoms with Gasteiger partial charge in [0.05, 0.1) is 6.20 Å². The summed E-state index contributed by atoms with van der Waals surface area (Å²) in [5.74, 6) is 1.53. The third-order valence-electron chi connectivity index (χ3n) is 4.27. The number of carbonyl (C=O) groups is 1. The molecule has 3 aromatic rings. The van der Waals surface area contributed by atoms with Crippen molar-refractivity contribution in [1.29, 1.82) is 0 Å². The molecule has 0 unspecified atom stereocenters. The molecule has 0 aliphatic carbocycles. The Morgan fingerprint density at radius 3 is 2.58 bits per heavy atom. The Labute approximate surface area is 150 Å². The van der Waals surface area contributed by atoms with Gasteiger partial charge in [0.15, 0.2) is 12.4 Å². The van der Waals surface area contributed by atoms with Gasteiger partial charge in [0.1, 0.15) is 11.6 Å². The van der Waals surface area contributed by atoms with E-state index in [9.17, 15) is 9.18 Å². The fraction of sp³-hybridized carbons (Fsp3) is 0.200. The molecule has 0 N–H and O–H groups in total. The van der Waals surface area contributed by atoms with Gasteiger partial charge in [-0.2, -0.15) is 0 Å². The molecule has 0 bridgehead atoms. The molecule has 132 valence electrons. The minimum Gasteiger partial charge on any atom is -0.484 e. The Bertz CT molecular complexity index is 904. The first-order valence-corrected chi connectivity index (χ1v) is 8.43. The summed E-state index contributed by atoms with van der Waals surface area (Å²) in [7, 11) is 0. The Morgan fingerprint density at radius 2 is 1.88 bits per heavy atom. The third kappa shape index (κ3) is 3.44. The van der Waals surface area contributed by atoms with E-state index in [1.807, 2.05) is 24.3 Å². The van der Waals surface area contributed by atoms with Crippen LogP contribution in [-0.2, 0) is 11.4 Å². The van der Waals surface area contributed by atoms with Crippen molar-refractivity contribution in [2.45, 2.75) is 19.4 Å². The molecule has 2 aromatic carbocycles. The number of ether oxygens (including phenoxy) is 1. The molecule has 1 saturated heterocycles. The highest BCUT2D eigenvalue weighted by molar-refractivity contribution is 5.95. The lowest BCUT2D eigenvalue weighted by molar-refractivity contribution is -0.117. The second kappa shape index (κ2) is 7.00. The molecule has 0 spiro atoms. The minimum absolute atomic E-state index is 0.159. The van der Waals surface area contributed by atoms with E-state index >= 15 is 0 Å². The highest BCUT2D eigenvalue weighted by atomic mass is 19.1. The molecular formula is C20H17FN2O3. The molecule has 1 amide bonds. The molecule has 2 heterocycles. The summed E-state index contributed by atoms with van der Waals surface area (Å²) < 4.78 is 24.3. The fourth-order valence-electron chi connectivity index (χ4n) is 2.91. The SMILES string of the molecule is O=C1CCCN1c1ccc(OCc2ncc(-c3ccc(F)cc3)o2)cc1. The van der Waals surface area contributed by atoms with Gasteiger partial charge in [0.2, 0.25) is 11.8 Å². The molecule has 4 rings (SSSR count). The van der Waals surface area contributed by atoms with E-state index in [-0.39, 0.29) is 18.3 Å². The first-order chi connectivity index (χ1) is 12.7. The lowest BCUT2D eigenvalue weighted by Crippen LogP contribution is -2.23. The van der Waals surface area contributed by atoms with Crippen molar-refractivity contribution in [2.75, 3.05) is 11.4 Å². The first kappa shape index (κ1) is 16.3. The highest BCUT2D eigenvalue weighted by Gasteiger charge is 2.21. The number of carbonyl (C=O) groups excluding carboxylic acids is 1. The van der Waals surface area contributed by atoms with Crippen LogP contribution < -0.4 is 9.64 Å². The lowest BCUT2D eigenvalue weighted by atomic mass is 10.2. The van der Waals surface area contributed by atoms with Gasteiger partial charge in [0.25, 0.3) is 0 Å². The average Bonchev–Trinajstić information content (AvgIpc) is 3.30. The lowest BCUT2D eigenvalue weighted by Gasteiger charge is -2.15. The van der Waals surface area contributed by atoms with Crippen molar-refractivity contribution >= 4 is 11.6 Å². The molecule has 0 atom stereocenters. The molecule has 1 aromatic heterocycles. The van der Waals surface area contributed by atoms with Gasteiger partial charge in [0, 0.05) is 24.2 Å². The van der Waals surface area contributed by atoms with Crippen molar-refractivity contribution in [1.82, 2.24) is 4.98 Å². The normalized spacial score (nSPS) is 14.0. The summed E-state index contributed by atoms with van der Waals surface area (Å²) in [5, 5.41) is 0. The number of aromatic nitrogens is 1. The minimum atomic E-state index is -0.295. The third-order valence-corrected chi connectivity index (χ3v) is 4.27. The second-order valence-corrected chi connectivity index (χ2v) is 6.06. The summed E-state index contributed by atoms with van der Waals surface area (Å²) in [6.45, 7) is 0.949. The number of hydrogen-bond acceptors (Lipinski definition) is 4. The van der Waals surface area contributed by atoms with Gasteiger partial charge < -0.3 is 14.1 Å². The molecular weight excluding hydrogens is 335 g/mol. The van der Waals surface area contributed by atoms with Crippen LogP contribution in [-0.4, -0.2) is 17.4 Å². The smallest absolute Gasteiger partial charge is 0.232 e. The zero-order chi connectivity index (χ0) is 17.9. The first-order valence-electron chi connectivity index (χ1n) is 8.43. The number of anilines is 1. The van der Waals surface area contributed by atoms with Crippen molar-refractivity contribution in [3.63, 3.8) is 0 Å². The van der Waals surface area contributed by atoms with E-state index in [2.05, 4.69) is 4.98 Å². The molecule has 1 aliphatic rings. The van der Waals surface area contributed by atoms with E-state index in [1.54, 1.807) is 23.2 Å².